The molecule has 1 atom stereocenters. The first-order valence-electron chi connectivity index (χ1n) is 5.97. The summed E-state index contributed by atoms with van der Waals surface area (Å²) in [5.41, 5.74) is 2.38. The van der Waals surface area contributed by atoms with Gasteiger partial charge in [0.2, 0.25) is 0 Å². The van der Waals surface area contributed by atoms with Gasteiger partial charge in [-0.15, -0.1) is 0 Å². The molecule has 90 valence electrons. The highest BCUT2D eigenvalue weighted by molar-refractivity contribution is 5.13. The van der Waals surface area contributed by atoms with E-state index < -0.39 is 0 Å². The average Bonchev–Trinajstić information content (AvgIpc) is 2.57. The number of aliphatic hydroxyl groups excluding tert-OH is 1. The molecule has 16 heavy (non-hydrogen) atoms. The summed E-state index contributed by atoms with van der Waals surface area (Å²) in [6, 6.07) is 2.30. The van der Waals surface area contributed by atoms with Gasteiger partial charge >= 0.3 is 0 Å². The van der Waals surface area contributed by atoms with Crippen LogP contribution >= 0.6 is 0 Å². The second-order valence-corrected chi connectivity index (χ2v) is 5.20. The maximum absolute atomic E-state index is 9.36. The van der Waals surface area contributed by atoms with E-state index in [-0.39, 0.29) is 12.6 Å². The van der Waals surface area contributed by atoms with E-state index in [1.807, 2.05) is 4.68 Å². The fourth-order valence-corrected chi connectivity index (χ4v) is 2.36. The van der Waals surface area contributed by atoms with Gasteiger partial charge < -0.3 is 5.11 Å². The van der Waals surface area contributed by atoms with Gasteiger partial charge in [-0.1, -0.05) is 13.8 Å². The predicted octanol–water partition coefficient (Wildman–Crippen LogP) is 1.06. The molecule has 1 aliphatic rings. The Kier molecular flexibility index (Phi) is 3.30. The minimum atomic E-state index is 0.120. The molecule has 2 rings (SSSR count). The number of aromatic nitrogens is 2. The van der Waals surface area contributed by atoms with Crippen LogP contribution in [0.3, 0.4) is 0 Å². The molecule has 2 heterocycles. The Balaban J connectivity index is 2.24. The third kappa shape index (κ3) is 2.28. The lowest BCUT2D eigenvalue weighted by molar-refractivity contribution is 0.141. The van der Waals surface area contributed by atoms with Crippen molar-refractivity contribution in [3.8, 4) is 0 Å². The van der Waals surface area contributed by atoms with Crippen LogP contribution in [0, 0.1) is 5.92 Å². The SMILES string of the molecule is CC(C)Cc1cc2n(n1)C(CO)CN(C)C2. The van der Waals surface area contributed by atoms with Crippen LogP contribution in [0.5, 0.6) is 0 Å². The third-order valence-electron chi connectivity index (χ3n) is 2.99. The van der Waals surface area contributed by atoms with Gasteiger partial charge in [-0.2, -0.15) is 5.10 Å². The van der Waals surface area contributed by atoms with Crippen LogP contribution < -0.4 is 0 Å². The Bertz CT molecular complexity index is 359. The van der Waals surface area contributed by atoms with E-state index in [0.717, 1.165) is 25.2 Å². The number of hydrogen-bond donors (Lipinski definition) is 1. The molecule has 1 unspecified atom stereocenters. The van der Waals surface area contributed by atoms with Gasteiger partial charge in [0.15, 0.2) is 0 Å². The summed E-state index contributed by atoms with van der Waals surface area (Å²) in [7, 11) is 2.08. The molecule has 0 fully saturated rings. The molecule has 1 aliphatic heterocycles. The van der Waals surface area contributed by atoms with Gasteiger partial charge in [0.1, 0.15) is 0 Å². The van der Waals surface area contributed by atoms with E-state index in [0.29, 0.717) is 5.92 Å². The molecule has 0 bridgehead atoms. The number of fused-ring (bicyclic) bond motifs is 1. The van der Waals surface area contributed by atoms with Crippen LogP contribution in [0.4, 0.5) is 0 Å². The van der Waals surface area contributed by atoms with E-state index in [1.165, 1.54) is 5.69 Å². The van der Waals surface area contributed by atoms with Crippen molar-refractivity contribution in [1.29, 1.82) is 0 Å². The van der Waals surface area contributed by atoms with Crippen LogP contribution in [0.2, 0.25) is 0 Å². The molecular formula is C12H21N3O. The first-order valence-corrected chi connectivity index (χ1v) is 5.97. The van der Waals surface area contributed by atoms with Gasteiger partial charge in [0, 0.05) is 13.1 Å². The van der Waals surface area contributed by atoms with Gasteiger partial charge in [-0.05, 0) is 25.5 Å². The van der Waals surface area contributed by atoms with Crippen LogP contribution in [0.15, 0.2) is 6.07 Å². The lowest BCUT2D eigenvalue weighted by Crippen LogP contribution is -2.36. The first-order chi connectivity index (χ1) is 7.60. The number of hydrogen-bond acceptors (Lipinski definition) is 3. The second-order valence-electron chi connectivity index (χ2n) is 5.20. The normalized spacial score (nSPS) is 21.4. The van der Waals surface area contributed by atoms with Crippen molar-refractivity contribution in [2.45, 2.75) is 32.9 Å². The fourth-order valence-electron chi connectivity index (χ4n) is 2.36. The quantitative estimate of drug-likeness (QED) is 0.833. The molecule has 0 radical (unpaired) electrons. The van der Waals surface area contributed by atoms with E-state index in [4.69, 9.17) is 0 Å². The number of rotatable bonds is 3. The summed E-state index contributed by atoms with van der Waals surface area (Å²) in [5, 5.41) is 14.0. The summed E-state index contributed by atoms with van der Waals surface area (Å²) in [6.45, 7) is 6.38. The van der Waals surface area contributed by atoms with Crippen molar-refractivity contribution in [3.05, 3.63) is 17.5 Å². The van der Waals surface area contributed by atoms with Crippen molar-refractivity contribution >= 4 is 0 Å². The van der Waals surface area contributed by atoms with Crippen LogP contribution in [0.25, 0.3) is 0 Å². The predicted molar refractivity (Wildman–Crippen MR) is 63.2 cm³/mol. The molecule has 4 nitrogen and oxygen atoms in total. The van der Waals surface area contributed by atoms with Crippen molar-refractivity contribution < 1.29 is 5.11 Å². The summed E-state index contributed by atoms with van der Waals surface area (Å²) in [4.78, 5) is 2.23. The Morgan fingerprint density at radius 2 is 2.31 bits per heavy atom. The van der Waals surface area contributed by atoms with Gasteiger partial charge in [0.05, 0.1) is 24.0 Å². The lowest BCUT2D eigenvalue weighted by atomic mass is 10.1. The van der Waals surface area contributed by atoms with Crippen LogP contribution in [0.1, 0.15) is 31.3 Å². The molecule has 1 aromatic heterocycles. The van der Waals surface area contributed by atoms with Crippen molar-refractivity contribution in [3.63, 3.8) is 0 Å². The first kappa shape index (κ1) is 11.6. The monoisotopic (exact) mass is 223 g/mol. The number of aliphatic hydroxyl groups is 1. The van der Waals surface area contributed by atoms with Gasteiger partial charge in [0.25, 0.3) is 0 Å². The lowest BCUT2D eigenvalue weighted by Gasteiger charge is -2.29. The largest absolute Gasteiger partial charge is 0.394 e. The summed E-state index contributed by atoms with van der Waals surface area (Å²) < 4.78 is 2.01. The van der Waals surface area contributed by atoms with Gasteiger partial charge in [-0.3, -0.25) is 9.58 Å². The van der Waals surface area contributed by atoms with Gasteiger partial charge in [-0.25, -0.2) is 0 Å². The topological polar surface area (TPSA) is 41.3 Å². The highest BCUT2D eigenvalue weighted by atomic mass is 16.3. The Labute approximate surface area is 96.9 Å². The molecule has 0 amide bonds. The van der Waals surface area contributed by atoms with Crippen LogP contribution in [-0.4, -0.2) is 40.0 Å². The number of nitrogens with zero attached hydrogens (tertiary/aromatic N) is 3. The van der Waals surface area contributed by atoms with Crippen molar-refractivity contribution in [2.75, 3.05) is 20.2 Å². The Hall–Kier alpha value is -0.870. The van der Waals surface area contributed by atoms with Crippen molar-refractivity contribution in [1.82, 2.24) is 14.7 Å². The molecule has 0 saturated heterocycles. The molecule has 4 heteroatoms. The zero-order valence-corrected chi connectivity index (χ0v) is 10.3. The second kappa shape index (κ2) is 4.55. The molecule has 1 aromatic rings. The van der Waals surface area contributed by atoms with Crippen molar-refractivity contribution in [2.24, 2.45) is 5.92 Å². The standard InChI is InChI=1S/C12H21N3O/c1-9(2)4-10-5-11-6-14(3)7-12(8-16)15(11)13-10/h5,9,12,16H,4,6-8H2,1-3H3. The minimum absolute atomic E-state index is 0.120. The molecule has 0 aromatic carbocycles. The van der Waals surface area contributed by atoms with E-state index in [1.54, 1.807) is 0 Å². The average molecular weight is 223 g/mol. The smallest absolute Gasteiger partial charge is 0.0880 e. The highest BCUT2D eigenvalue weighted by Crippen LogP contribution is 2.21. The molecule has 1 N–H and O–H groups in total. The molecule has 0 spiro atoms. The van der Waals surface area contributed by atoms with E-state index in [2.05, 4.69) is 37.0 Å². The summed E-state index contributed by atoms with van der Waals surface area (Å²) >= 11 is 0. The third-order valence-corrected chi connectivity index (χ3v) is 2.99. The zero-order valence-electron chi connectivity index (χ0n) is 10.3. The maximum Gasteiger partial charge on any atom is 0.0880 e. The maximum atomic E-state index is 9.36. The molecule has 0 aliphatic carbocycles. The molecular weight excluding hydrogens is 202 g/mol. The van der Waals surface area contributed by atoms with E-state index in [9.17, 15) is 5.11 Å². The van der Waals surface area contributed by atoms with E-state index >= 15 is 0 Å². The minimum Gasteiger partial charge on any atom is -0.394 e. The fraction of sp³-hybridized carbons (Fsp3) is 0.750. The summed E-state index contributed by atoms with van der Waals surface area (Å²) in [5.74, 6) is 0.627. The molecule has 0 saturated carbocycles. The highest BCUT2D eigenvalue weighted by Gasteiger charge is 2.24. The number of likely N-dealkylation sites (N-methyl/N-ethyl adjacent to an activating group) is 1. The zero-order chi connectivity index (χ0) is 11.7. The van der Waals surface area contributed by atoms with Crippen LogP contribution in [-0.2, 0) is 13.0 Å². The summed E-state index contributed by atoms with van der Waals surface area (Å²) in [6.07, 6.45) is 1.02. The Morgan fingerprint density at radius 1 is 1.56 bits per heavy atom. The Morgan fingerprint density at radius 3 is 2.94 bits per heavy atom.